The van der Waals surface area contributed by atoms with Crippen molar-refractivity contribution in [2.24, 2.45) is 5.92 Å². The predicted molar refractivity (Wildman–Crippen MR) is 80.3 cm³/mol. The molecule has 6 nitrogen and oxygen atoms in total. The fourth-order valence-corrected chi connectivity index (χ4v) is 3.85. The summed E-state index contributed by atoms with van der Waals surface area (Å²) in [7, 11) is 0. The van der Waals surface area contributed by atoms with Crippen LogP contribution in [0.1, 0.15) is 64.6 Å². The van der Waals surface area contributed by atoms with Gasteiger partial charge in [-0.2, -0.15) is 4.98 Å². The molecule has 0 spiro atoms. The van der Waals surface area contributed by atoms with E-state index in [2.05, 4.69) is 10.1 Å². The molecule has 1 saturated carbocycles. The Morgan fingerprint density at radius 1 is 1.50 bits per heavy atom. The molecule has 1 saturated heterocycles. The van der Waals surface area contributed by atoms with Gasteiger partial charge in [0.2, 0.25) is 5.89 Å². The zero-order chi connectivity index (χ0) is 16.1. The number of carbonyl (C=O) groups is 1. The van der Waals surface area contributed by atoms with E-state index in [9.17, 15) is 9.90 Å². The van der Waals surface area contributed by atoms with E-state index >= 15 is 0 Å². The monoisotopic (exact) mass is 307 g/mol. The molecule has 6 heteroatoms. The van der Waals surface area contributed by atoms with Gasteiger partial charge in [0.25, 0.3) is 5.91 Å². The average Bonchev–Trinajstić information content (AvgIpc) is 3.09. The molecule has 122 valence electrons. The first kappa shape index (κ1) is 15.5. The van der Waals surface area contributed by atoms with Crippen molar-refractivity contribution >= 4 is 5.91 Å². The van der Waals surface area contributed by atoms with Crippen LogP contribution in [-0.2, 0) is 10.2 Å². The first-order valence-electron chi connectivity index (χ1n) is 8.10. The molecule has 1 aromatic heterocycles. The smallest absolute Gasteiger partial charge is 0.253 e. The number of hydrogen-bond donors (Lipinski definition) is 1. The van der Waals surface area contributed by atoms with Crippen LogP contribution in [-0.4, -0.2) is 44.7 Å². The largest absolute Gasteiger partial charge is 0.381 e. The van der Waals surface area contributed by atoms with Gasteiger partial charge in [0.15, 0.2) is 5.82 Å². The van der Waals surface area contributed by atoms with Crippen LogP contribution in [0.5, 0.6) is 0 Å². The van der Waals surface area contributed by atoms with Crippen LogP contribution >= 0.6 is 0 Å². The van der Waals surface area contributed by atoms with Crippen LogP contribution in [0.3, 0.4) is 0 Å². The predicted octanol–water partition coefficient (Wildman–Crippen LogP) is 1.84. The summed E-state index contributed by atoms with van der Waals surface area (Å²) in [6, 6.07) is 0. The third-order valence-corrected chi connectivity index (χ3v) is 5.07. The highest BCUT2D eigenvalue weighted by molar-refractivity contribution is 5.84. The van der Waals surface area contributed by atoms with Crippen molar-refractivity contribution in [1.82, 2.24) is 15.0 Å². The maximum Gasteiger partial charge on any atom is 0.253 e. The van der Waals surface area contributed by atoms with Gasteiger partial charge in [0, 0.05) is 19.0 Å². The van der Waals surface area contributed by atoms with Crippen LogP contribution in [0.2, 0.25) is 0 Å². The van der Waals surface area contributed by atoms with Gasteiger partial charge >= 0.3 is 0 Å². The average molecular weight is 307 g/mol. The van der Waals surface area contributed by atoms with Gasteiger partial charge in [-0.3, -0.25) is 4.79 Å². The summed E-state index contributed by atoms with van der Waals surface area (Å²) in [5.74, 6) is 1.75. The molecule has 2 atom stereocenters. The molecule has 1 N–H and O–H groups in total. The molecule has 0 radical (unpaired) electrons. The van der Waals surface area contributed by atoms with Crippen molar-refractivity contribution in [3.63, 3.8) is 0 Å². The summed E-state index contributed by atoms with van der Waals surface area (Å²) in [5.41, 5.74) is -1.56. The van der Waals surface area contributed by atoms with E-state index in [1.807, 2.05) is 13.8 Å². The second-order valence-electron chi connectivity index (χ2n) is 7.60. The van der Waals surface area contributed by atoms with Gasteiger partial charge < -0.3 is 14.5 Å². The van der Waals surface area contributed by atoms with Crippen molar-refractivity contribution in [3.8, 4) is 0 Å². The van der Waals surface area contributed by atoms with Crippen LogP contribution in [0, 0.1) is 5.92 Å². The first-order valence-corrected chi connectivity index (χ1v) is 8.10. The second-order valence-corrected chi connectivity index (χ2v) is 7.60. The summed E-state index contributed by atoms with van der Waals surface area (Å²) in [4.78, 5) is 18.8. The van der Waals surface area contributed by atoms with E-state index in [0.717, 1.165) is 25.1 Å². The van der Waals surface area contributed by atoms with Crippen LogP contribution in [0.4, 0.5) is 0 Å². The highest BCUT2D eigenvalue weighted by Gasteiger charge is 2.56. The Morgan fingerprint density at radius 3 is 2.82 bits per heavy atom. The van der Waals surface area contributed by atoms with Crippen molar-refractivity contribution < 1.29 is 14.4 Å². The van der Waals surface area contributed by atoms with Gasteiger partial charge in [-0.25, -0.2) is 0 Å². The van der Waals surface area contributed by atoms with E-state index < -0.39 is 5.60 Å². The lowest BCUT2D eigenvalue weighted by molar-refractivity contribution is -0.147. The van der Waals surface area contributed by atoms with Gasteiger partial charge in [0.05, 0.1) is 5.41 Å². The summed E-state index contributed by atoms with van der Waals surface area (Å²) in [6.07, 6.45) is 3.15. The van der Waals surface area contributed by atoms with Gasteiger partial charge in [-0.1, -0.05) is 25.4 Å². The van der Waals surface area contributed by atoms with Crippen molar-refractivity contribution in [2.45, 2.75) is 63.9 Å². The zero-order valence-corrected chi connectivity index (χ0v) is 13.8. The number of aromatic nitrogens is 2. The fraction of sp³-hybridized carbons (Fsp3) is 0.812. The number of amides is 1. The molecule has 1 aliphatic carbocycles. The summed E-state index contributed by atoms with van der Waals surface area (Å²) >= 11 is 0. The standard InChI is InChI=1S/C16H25N3O3/c1-10(2)12-17-13(22-18-12)16-7-5-6-11(16)8-19(9-16)14(20)15(3,4)21/h10-11,21H,5-9H2,1-4H3/t11-,16-/m1/s1. The maximum atomic E-state index is 12.4. The molecule has 2 aliphatic rings. The normalized spacial score (nSPS) is 28.5. The molecule has 3 rings (SSSR count). The highest BCUT2D eigenvalue weighted by atomic mass is 16.5. The van der Waals surface area contributed by atoms with Gasteiger partial charge in [-0.15, -0.1) is 0 Å². The molecule has 22 heavy (non-hydrogen) atoms. The molecular weight excluding hydrogens is 282 g/mol. The Bertz CT molecular complexity index is 575. The van der Waals surface area contributed by atoms with Crippen LogP contribution in [0.25, 0.3) is 0 Å². The summed E-state index contributed by atoms with van der Waals surface area (Å²) in [5, 5.41) is 14.1. The van der Waals surface area contributed by atoms with E-state index in [4.69, 9.17) is 4.52 Å². The van der Waals surface area contributed by atoms with Crippen molar-refractivity contribution in [3.05, 3.63) is 11.7 Å². The molecule has 0 unspecified atom stereocenters. The Morgan fingerprint density at radius 2 is 2.23 bits per heavy atom. The number of hydrogen-bond acceptors (Lipinski definition) is 5. The van der Waals surface area contributed by atoms with Crippen molar-refractivity contribution in [1.29, 1.82) is 0 Å². The van der Waals surface area contributed by atoms with Gasteiger partial charge in [-0.05, 0) is 32.6 Å². The molecule has 0 aromatic carbocycles. The number of rotatable bonds is 3. The number of likely N-dealkylation sites (tertiary alicyclic amines) is 1. The van der Waals surface area contributed by atoms with E-state index in [1.54, 1.807) is 18.7 Å². The number of aliphatic hydroxyl groups is 1. The summed E-state index contributed by atoms with van der Waals surface area (Å²) in [6.45, 7) is 8.40. The SMILES string of the molecule is CC(C)c1noc([C@@]23CCC[C@@H]2CN(C(=O)C(C)(C)O)C3)n1. The Balaban J connectivity index is 1.89. The molecular formula is C16H25N3O3. The Labute approximate surface area is 130 Å². The zero-order valence-electron chi connectivity index (χ0n) is 13.8. The third-order valence-electron chi connectivity index (χ3n) is 5.07. The number of fused-ring (bicyclic) bond motifs is 1. The van der Waals surface area contributed by atoms with Gasteiger partial charge in [0.1, 0.15) is 5.60 Å². The summed E-state index contributed by atoms with van der Waals surface area (Å²) < 4.78 is 5.57. The topological polar surface area (TPSA) is 79.5 Å². The Kier molecular flexibility index (Phi) is 3.55. The van der Waals surface area contributed by atoms with E-state index in [-0.39, 0.29) is 17.2 Å². The van der Waals surface area contributed by atoms with Crippen molar-refractivity contribution in [2.75, 3.05) is 13.1 Å². The van der Waals surface area contributed by atoms with Crippen LogP contribution in [0.15, 0.2) is 4.52 Å². The minimum Gasteiger partial charge on any atom is -0.381 e. The minimum atomic E-state index is -1.34. The third kappa shape index (κ3) is 2.33. The van der Waals surface area contributed by atoms with Crippen LogP contribution < -0.4 is 0 Å². The molecule has 1 aliphatic heterocycles. The minimum absolute atomic E-state index is 0.218. The lowest BCUT2D eigenvalue weighted by Crippen LogP contribution is -2.45. The molecule has 2 heterocycles. The van der Waals surface area contributed by atoms with E-state index in [1.165, 1.54) is 0 Å². The number of nitrogens with zero attached hydrogens (tertiary/aromatic N) is 3. The first-order chi connectivity index (χ1) is 10.2. The molecule has 1 amide bonds. The second kappa shape index (κ2) is 5.05. The lowest BCUT2D eigenvalue weighted by atomic mass is 9.80. The lowest BCUT2D eigenvalue weighted by Gasteiger charge is -2.27. The highest BCUT2D eigenvalue weighted by Crippen LogP contribution is 2.50. The maximum absolute atomic E-state index is 12.4. The molecule has 1 aromatic rings. The fourth-order valence-electron chi connectivity index (χ4n) is 3.85. The van der Waals surface area contributed by atoms with E-state index in [0.29, 0.717) is 24.9 Å². The number of carbonyl (C=O) groups excluding carboxylic acids is 1. The molecule has 0 bridgehead atoms. The molecule has 2 fully saturated rings. The Hall–Kier alpha value is -1.43. The quantitative estimate of drug-likeness (QED) is 0.922.